The van der Waals surface area contributed by atoms with Gasteiger partial charge in [0.25, 0.3) is 0 Å². The van der Waals surface area contributed by atoms with Gasteiger partial charge in [0.2, 0.25) is 0 Å². The molecule has 5 rings (SSSR count). The van der Waals surface area contributed by atoms with Crippen molar-refractivity contribution in [1.82, 2.24) is 5.06 Å². The fraction of sp³-hybridized carbons (Fsp3) is 0.419. The maximum Gasteiger partial charge on any atom is 0.528 e. The summed E-state index contributed by atoms with van der Waals surface area (Å²) < 4.78 is 46.8. The van der Waals surface area contributed by atoms with Gasteiger partial charge in [0.15, 0.2) is 0 Å². The van der Waals surface area contributed by atoms with Gasteiger partial charge in [-0.3, -0.25) is 0 Å². The molecule has 1 aliphatic heterocycles. The van der Waals surface area contributed by atoms with Crippen LogP contribution in [0, 0.1) is 0 Å². The molecule has 1 aliphatic rings. The highest BCUT2D eigenvalue weighted by molar-refractivity contribution is 5.60. The molecule has 0 unspecified atom stereocenters. The molecule has 1 saturated heterocycles. The molecule has 0 saturated carbocycles. The van der Waals surface area contributed by atoms with Crippen LogP contribution in [0.3, 0.4) is 0 Å². The molecule has 4 aromatic carbocycles. The standard InChI is InChI=1S/C43H53NO10/c1-43(2,3)53-42(45)54-44-26-39(51-28-31-12-18-35(46-4)19-13-31)41(40(27-44)52-29-32-14-20-36(47-5)21-15-32)33-16-22-37(23-17-33)50-25-9-24-49-30-34-10-7-8-11-38(34)48-6/h7-8,10-23,39-41H,9,24-30H2,1-6H3/t39-,40+,41-. The van der Waals surface area contributed by atoms with E-state index in [0.717, 1.165) is 51.7 Å². The number of carbonyl (C=O) groups excluding carboxylic acids is 1. The maximum atomic E-state index is 12.8. The molecule has 1 fully saturated rings. The number of nitrogens with zero attached hydrogens (tertiary/aromatic N) is 1. The molecule has 54 heavy (non-hydrogen) atoms. The summed E-state index contributed by atoms with van der Waals surface area (Å²) in [6, 6.07) is 31.4. The summed E-state index contributed by atoms with van der Waals surface area (Å²) >= 11 is 0. The lowest BCUT2D eigenvalue weighted by molar-refractivity contribution is -0.209. The van der Waals surface area contributed by atoms with Crippen LogP contribution >= 0.6 is 0 Å². The van der Waals surface area contributed by atoms with E-state index in [2.05, 4.69) is 12.1 Å². The number of hydrogen-bond acceptors (Lipinski definition) is 11. The molecule has 0 N–H and O–H groups in total. The van der Waals surface area contributed by atoms with Crippen LogP contribution < -0.4 is 18.9 Å². The minimum absolute atomic E-state index is 0.211. The van der Waals surface area contributed by atoms with Gasteiger partial charge in [0, 0.05) is 17.9 Å². The van der Waals surface area contributed by atoms with E-state index >= 15 is 0 Å². The molecule has 1 heterocycles. The third-order valence-electron chi connectivity index (χ3n) is 8.82. The fourth-order valence-electron chi connectivity index (χ4n) is 6.12. The molecular weight excluding hydrogens is 690 g/mol. The number of hydroxylamine groups is 2. The Morgan fingerprint density at radius 3 is 1.76 bits per heavy atom. The van der Waals surface area contributed by atoms with E-state index in [0.29, 0.717) is 46.1 Å². The number of para-hydroxylation sites is 1. The van der Waals surface area contributed by atoms with E-state index in [9.17, 15) is 4.79 Å². The Hall–Kier alpha value is -4.81. The predicted molar refractivity (Wildman–Crippen MR) is 204 cm³/mol. The van der Waals surface area contributed by atoms with E-state index < -0.39 is 24.0 Å². The first-order valence-corrected chi connectivity index (χ1v) is 18.2. The zero-order chi connectivity index (χ0) is 38.3. The van der Waals surface area contributed by atoms with Crippen molar-refractivity contribution in [3.63, 3.8) is 0 Å². The number of piperidine rings is 1. The van der Waals surface area contributed by atoms with Gasteiger partial charge in [0.1, 0.15) is 28.6 Å². The number of hydrogen-bond donors (Lipinski definition) is 0. The third-order valence-corrected chi connectivity index (χ3v) is 8.82. The normalized spacial score (nSPS) is 17.4. The lowest BCUT2D eigenvalue weighted by atomic mass is 9.85. The van der Waals surface area contributed by atoms with Crippen molar-refractivity contribution in [2.24, 2.45) is 0 Å². The molecular formula is C43H53NO10. The van der Waals surface area contributed by atoms with Gasteiger partial charge in [-0.2, -0.15) is 0 Å². The first-order valence-electron chi connectivity index (χ1n) is 18.2. The second-order valence-corrected chi connectivity index (χ2v) is 14.0. The smallest absolute Gasteiger partial charge is 0.497 e. The quantitative estimate of drug-likeness (QED) is 0.0729. The summed E-state index contributed by atoms with van der Waals surface area (Å²) in [5.74, 6) is 2.89. The fourth-order valence-corrected chi connectivity index (χ4v) is 6.12. The van der Waals surface area contributed by atoms with Crippen molar-refractivity contribution in [1.29, 1.82) is 0 Å². The van der Waals surface area contributed by atoms with Crippen LogP contribution in [0.4, 0.5) is 4.79 Å². The predicted octanol–water partition coefficient (Wildman–Crippen LogP) is 8.13. The van der Waals surface area contributed by atoms with Crippen molar-refractivity contribution in [2.75, 3.05) is 47.6 Å². The lowest BCUT2D eigenvalue weighted by Gasteiger charge is -2.42. The number of benzene rings is 4. The van der Waals surface area contributed by atoms with Gasteiger partial charge in [-0.1, -0.05) is 54.6 Å². The lowest BCUT2D eigenvalue weighted by Crippen LogP contribution is -2.53. The molecule has 11 heteroatoms. The van der Waals surface area contributed by atoms with Crippen LogP contribution in [-0.4, -0.2) is 76.7 Å². The van der Waals surface area contributed by atoms with Crippen LogP contribution in [0.25, 0.3) is 0 Å². The monoisotopic (exact) mass is 743 g/mol. The second kappa shape index (κ2) is 20.0. The summed E-state index contributed by atoms with van der Waals surface area (Å²) in [6.45, 7) is 8.20. The van der Waals surface area contributed by atoms with Crippen molar-refractivity contribution in [3.8, 4) is 23.0 Å². The topological polar surface area (TPSA) is 103 Å². The maximum absolute atomic E-state index is 12.8. The van der Waals surface area contributed by atoms with Gasteiger partial charge in [-0.05, 0) is 79.9 Å². The van der Waals surface area contributed by atoms with E-state index in [1.165, 1.54) is 0 Å². The van der Waals surface area contributed by atoms with E-state index in [4.69, 9.17) is 42.7 Å². The highest BCUT2D eigenvalue weighted by atomic mass is 16.8. The molecule has 0 bridgehead atoms. The number of methoxy groups -OCH3 is 3. The molecule has 0 amide bonds. The molecule has 290 valence electrons. The molecule has 0 aromatic heterocycles. The van der Waals surface area contributed by atoms with Gasteiger partial charge in [-0.25, -0.2) is 4.79 Å². The van der Waals surface area contributed by atoms with Crippen molar-refractivity contribution in [2.45, 2.75) is 70.7 Å². The first-order chi connectivity index (χ1) is 26.1. The summed E-state index contributed by atoms with van der Waals surface area (Å²) in [6.07, 6.45) is -0.890. The van der Waals surface area contributed by atoms with Gasteiger partial charge in [0.05, 0.1) is 79.7 Å². The van der Waals surface area contributed by atoms with Gasteiger partial charge in [-0.15, -0.1) is 5.06 Å². The minimum Gasteiger partial charge on any atom is -0.497 e. The van der Waals surface area contributed by atoms with Crippen LogP contribution in [0.5, 0.6) is 23.0 Å². The number of ether oxygens (including phenoxy) is 8. The molecule has 0 spiro atoms. The summed E-state index contributed by atoms with van der Waals surface area (Å²) in [5, 5.41) is 1.58. The Balaban J connectivity index is 1.29. The zero-order valence-electron chi connectivity index (χ0n) is 32.2. The Kier molecular flexibility index (Phi) is 15.0. The molecule has 0 radical (unpaired) electrons. The highest BCUT2D eigenvalue weighted by Crippen LogP contribution is 2.35. The Bertz CT molecular complexity index is 1640. The number of rotatable bonds is 18. The van der Waals surface area contributed by atoms with E-state index in [1.54, 1.807) is 47.2 Å². The van der Waals surface area contributed by atoms with Gasteiger partial charge >= 0.3 is 6.16 Å². The summed E-state index contributed by atoms with van der Waals surface area (Å²) in [7, 11) is 4.94. The van der Waals surface area contributed by atoms with Crippen molar-refractivity contribution in [3.05, 3.63) is 119 Å². The Morgan fingerprint density at radius 2 is 1.22 bits per heavy atom. The summed E-state index contributed by atoms with van der Waals surface area (Å²) in [4.78, 5) is 18.6. The molecule has 3 atom stereocenters. The van der Waals surface area contributed by atoms with Crippen molar-refractivity contribution >= 4 is 6.16 Å². The van der Waals surface area contributed by atoms with Crippen LogP contribution in [0.1, 0.15) is 55.4 Å². The summed E-state index contributed by atoms with van der Waals surface area (Å²) in [5.41, 5.74) is 3.27. The second-order valence-electron chi connectivity index (χ2n) is 14.0. The average Bonchev–Trinajstić information content (AvgIpc) is 3.17. The van der Waals surface area contributed by atoms with Crippen molar-refractivity contribution < 1.29 is 47.5 Å². The molecule has 11 nitrogen and oxygen atoms in total. The highest BCUT2D eigenvalue weighted by Gasteiger charge is 2.41. The van der Waals surface area contributed by atoms with Gasteiger partial charge < -0.3 is 42.7 Å². The minimum atomic E-state index is -0.782. The largest absolute Gasteiger partial charge is 0.528 e. The SMILES string of the molecule is COc1ccc(CO[C@H]2CN(OC(=O)OC(C)(C)C)C[C@@H](OCc3ccc(OC)cc3)[C@H]2c2ccc(OCCCOCc3ccccc3OC)cc2)cc1. The van der Waals surface area contributed by atoms with E-state index in [1.807, 2.05) is 84.9 Å². The molecule has 0 aliphatic carbocycles. The average molecular weight is 744 g/mol. The van der Waals surface area contributed by atoms with Crippen LogP contribution in [0.15, 0.2) is 97.1 Å². The first kappa shape index (κ1) is 40.4. The Morgan fingerprint density at radius 1 is 0.667 bits per heavy atom. The van der Waals surface area contributed by atoms with Crippen LogP contribution in [0.2, 0.25) is 0 Å². The third kappa shape index (κ3) is 12.4. The Labute approximate surface area is 318 Å². The zero-order valence-corrected chi connectivity index (χ0v) is 32.2. The van der Waals surface area contributed by atoms with Crippen LogP contribution in [-0.2, 0) is 43.6 Å². The van der Waals surface area contributed by atoms with E-state index in [-0.39, 0.29) is 5.92 Å². The number of carbonyl (C=O) groups is 1. The molecule has 4 aromatic rings.